The zero-order valence-electron chi connectivity index (χ0n) is 13.8. The van der Waals surface area contributed by atoms with Crippen molar-refractivity contribution < 1.29 is 27.6 Å². The summed E-state index contributed by atoms with van der Waals surface area (Å²) in [5.41, 5.74) is 1.49. The minimum atomic E-state index is -4.49. The van der Waals surface area contributed by atoms with E-state index in [-0.39, 0.29) is 5.91 Å². The number of benzene rings is 1. The summed E-state index contributed by atoms with van der Waals surface area (Å²) >= 11 is 0. The van der Waals surface area contributed by atoms with Gasteiger partial charge in [0.05, 0.1) is 6.54 Å². The molecule has 0 radical (unpaired) electrons. The average Bonchev–Trinajstić information content (AvgIpc) is 3.02. The summed E-state index contributed by atoms with van der Waals surface area (Å²) in [6.45, 7) is -1.30. The van der Waals surface area contributed by atoms with Gasteiger partial charge in [-0.25, -0.2) is 0 Å². The van der Waals surface area contributed by atoms with Gasteiger partial charge in [-0.3, -0.25) is 14.4 Å². The van der Waals surface area contributed by atoms with Crippen molar-refractivity contribution in [1.29, 1.82) is 0 Å². The first-order chi connectivity index (χ1) is 12.2. The van der Waals surface area contributed by atoms with Crippen molar-refractivity contribution in [1.82, 2.24) is 10.6 Å². The molecule has 1 heterocycles. The van der Waals surface area contributed by atoms with Crippen molar-refractivity contribution >= 4 is 29.5 Å². The van der Waals surface area contributed by atoms with Gasteiger partial charge in [-0.1, -0.05) is 12.1 Å². The van der Waals surface area contributed by atoms with Crippen LogP contribution in [0.5, 0.6) is 0 Å². The third-order valence-electron chi connectivity index (χ3n) is 3.61. The third kappa shape index (κ3) is 6.23. The number of rotatable bonds is 6. The van der Waals surface area contributed by atoms with Gasteiger partial charge < -0.3 is 15.5 Å². The molecule has 1 aromatic rings. The highest BCUT2D eigenvalue weighted by Gasteiger charge is 2.27. The van der Waals surface area contributed by atoms with E-state index in [0.29, 0.717) is 18.5 Å². The quantitative estimate of drug-likeness (QED) is 0.748. The van der Waals surface area contributed by atoms with E-state index in [9.17, 15) is 27.6 Å². The Balaban J connectivity index is 1.79. The molecule has 0 unspecified atom stereocenters. The summed E-state index contributed by atoms with van der Waals surface area (Å²) in [5.74, 6) is -1.45. The number of halogens is 3. The Bertz CT molecular complexity index is 699. The molecule has 3 amide bonds. The van der Waals surface area contributed by atoms with Gasteiger partial charge in [0.25, 0.3) is 0 Å². The second-order valence-electron chi connectivity index (χ2n) is 5.68. The molecule has 1 fully saturated rings. The topological polar surface area (TPSA) is 78.5 Å². The number of alkyl halides is 3. The SMILES string of the molecule is O=C(/C=C/c1ccc(N2CCCC2=O)cc1)NCC(=O)NCC(F)(F)F. The summed E-state index contributed by atoms with van der Waals surface area (Å²) in [4.78, 5) is 36.1. The Morgan fingerprint density at radius 1 is 1.15 bits per heavy atom. The lowest BCUT2D eigenvalue weighted by Gasteiger charge is -2.15. The normalized spacial score (nSPS) is 14.7. The number of carbonyl (C=O) groups is 3. The predicted molar refractivity (Wildman–Crippen MR) is 89.1 cm³/mol. The Morgan fingerprint density at radius 3 is 2.42 bits per heavy atom. The fourth-order valence-corrected chi connectivity index (χ4v) is 2.35. The van der Waals surface area contributed by atoms with Crippen molar-refractivity contribution in [2.24, 2.45) is 0 Å². The zero-order valence-corrected chi connectivity index (χ0v) is 13.8. The van der Waals surface area contributed by atoms with Crippen molar-refractivity contribution in [2.75, 3.05) is 24.5 Å². The van der Waals surface area contributed by atoms with Crippen LogP contribution in [0.3, 0.4) is 0 Å². The van der Waals surface area contributed by atoms with E-state index >= 15 is 0 Å². The molecule has 1 saturated heterocycles. The van der Waals surface area contributed by atoms with Crippen molar-refractivity contribution in [3.8, 4) is 0 Å². The summed E-state index contributed by atoms with van der Waals surface area (Å²) in [7, 11) is 0. The van der Waals surface area contributed by atoms with Gasteiger partial charge in [-0.2, -0.15) is 13.2 Å². The lowest BCUT2D eigenvalue weighted by Crippen LogP contribution is -2.40. The van der Waals surface area contributed by atoms with Crippen LogP contribution in [0, 0.1) is 0 Å². The Morgan fingerprint density at radius 2 is 1.85 bits per heavy atom. The number of hydrogen-bond donors (Lipinski definition) is 2. The number of carbonyl (C=O) groups excluding carboxylic acids is 3. The van der Waals surface area contributed by atoms with Crippen LogP contribution in [0.1, 0.15) is 18.4 Å². The summed E-state index contributed by atoms with van der Waals surface area (Å²) < 4.78 is 35.8. The average molecular weight is 369 g/mol. The first-order valence-electron chi connectivity index (χ1n) is 7.94. The van der Waals surface area contributed by atoms with E-state index in [0.717, 1.165) is 12.1 Å². The maximum absolute atomic E-state index is 11.9. The number of anilines is 1. The smallest absolute Gasteiger partial charge is 0.345 e. The molecule has 0 atom stereocenters. The maximum Gasteiger partial charge on any atom is 0.405 e. The van der Waals surface area contributed by atoms with Crippen molar-refractivity contribution in [3.05, 3.63) is 35.9 Å². The molecule has 0 bridgehead atoms. The summed E-state index contributed by atoms with van der Waals surface area (Å²) in [6.07, 6.45) is -0.452. The Labute approximate surface area is 148 Å². The highest BCUT2D eigenvalue weighted by atomic mass is 19.4. The molecular formula is C17H18F3N3O3. The lowest BCUT2D eigenvalue weighted by molar-refractivity contribution is -0.138. The summed E-state index contributed by atoms with van der Waals surface area (Å²) in [6, 6.07) is 7.01. The molecular weight excluding hydrogens is 351 g/mol. The molecule has 26 heavy (non-hydrogen) atoms. The van der Waals surface area contributed by atoms with Crippen LogP contribution < -0.4 is 15.5 Å². The molecule has 0 saturated carbocycles. The zero-order chi connectivity index (χ0) is 19.2. The second kappa shape index (κ2) is 8.50. The number of nitrogens with zero attached hydrogens (tertiary/aromatic N) is 1. The van der Waals surface area contributed by atoms with Gasteiger partial charge in [0.15, 0.2) is 0 Å². The Hall–Kier alpha value is -2.84. The minimum Gasteiger partial charge on any atom is -0.345 e. The van der Waals surface area contributed by atoms with E-state index in [1.165, 1.54) is 12.2 Å². The van der Waals surface area contributed by atoms with Crippen LogP contribution >= 0.6 is 0 Å². The molecule has 140 valence electrons. The van der Waals surface area contributed by atoms with Gasteiger partial charge in [-0.15, -0.1) is 0 Å². The van der Waals surface area contributed by atoms with Gasteiger partial charge in [0, 0.05) is 24.7 Å². The number of amides is 3. The van der Waals surface area contributed by atoms with E-state index in [4.69, 9.17) is 0 Å². The van der Waals surface area contributed by atoms with Gasteiger partial charge in [-0.05, 0) is 30.2 Å². The molecule has 0 aromatic heterocycles. The first-order valence-corrected chi connectivity index (χ1v) is 7.94. The van der Waals surface area contributed by atoms with E-state index < -0.39 is 31.1 Å². The van der Waals surface area contributed by atoms with Crippen LogP contribution in [0.25, 0.3) is 6.08 Å². The third-order valence-corrected chi connectivity index (χ3v) is 3.61. The van der Waals surface area contributed by atoms with Crippen LogP contribution in [0.2, 0.25) is 0 Å². The predicted octanol–water partition coefficient (Wildman–Crippen LogP) is 1.62. The molecule has 9 heteroatoms. The molecule has 1 aliphatic heterocycles. The molecule has 2 N–H and O–H groups in total. The highest BCUT2D eigenvalue weighted by Crippen LogP contribution is 2.21. The molecule has 0 spiro atoms. The lowest BCUT2D eigenvalue weighted by atomic mass is 10.2. The van der Waals surface area contributed by atoms with Crippen LogP contribution in [-0.4, -0.2) is 43.5 Å². The van der Waals surface area contributed by atoms with Gasteiger partial charge in [0.1, 0.15) is 6.54 Å². The molecule has 1 aliphatic rings. The maximum atomic E-state index is 11.9. The van der Waals surface area contributed by atoms with E-state index in [1.54, 1.807) is 34.5 Å². The molecule has 6 nitrogen and oxygen atoms in total. The molecule has 0 aliphatic carbocycles. The van der Waals surface area contributed by atoms with Crippen molar-refractivity contribution in [2.45, 2.75) is 19.0 Å². The minimum absolute atomic E-state index is 0.0801. The van der Waals surface area contributed by atoms with Gasteiger partial charge >= 0.3 is 6.18 Å². The fraction of sp³-hybridized carbons (Fsp3) is 0.353. The van der Waals surface area contributed by atoms with Gasteiger partial charge in [0.2, 0.25) is 17.7 Å². The standard InChI is InChI=1S/C17H18F3N3O3/c18-17(19,20)11-22-15(25)10-21-14(24)8-5-12-3-6-13(7-4-12)23-9-1-2-16(23)26/h3-8H,1-2,9-11H2,(H,21,24)(H,22,25)/b8-5+. The number of hydrogen-bond acceptors (Lipinski definition) is 3. The van der Waals surface area contributed by atoms with Crippen molar-refractivity contribution in [3.63, 3.8) is 0 Å². The second-order valence-corrected chi connectivity index (χ2v) is 5.68. The number of nitrogens with one attached hydrogen (secondary N) is 2. The van der Waals surface area contributed by atoms with E-state index in [1.807, 2.05) is 0 Å². The summed E-state index contributed by atoms with van der Waals surface area (Å²) in [5, 5.41) is 3.85. The fourth-order valence-electron chi connectivity index (χ4n) is 2.35. The largest absolute Gasteiger partial charge is 0.405 e. The highest BCUT2D eigenvalue weighted by molar-refractivity contribution is 5.96. The van der Waals surface area contributed by atoms with Crippen LogP contribution in [-0.2, 0) is 14.4 Å². The van der Waals surface area contributed by atoms with Crippen LogP contribution in [0.15, 0.2) is 30.3 Å². The van der Waals surface area contributed by atoms with Crippen LogP contribution in [0.4, 0.5) is 18.9 Å². The van der Waals surface area contributed by atoms with E-state index in [2.05, 4.69) is 5.32 Å². The first kappa shape index (κ1) is 19.5. The monoisotopic (exact) mass is 369 g/mol. The molecule has 1 aromatic carbocycles. The molecule has 2 rings (SSSR count). The Kier molecular flexibility index (Phi) is 6.37.